The molecule has 0 saturated carbocycles. The SMILES string of the molecule is Clc1ccccc1C1NC=CN1c1ccccn1. The molecule has 90 valence electrons. The molecule has 1 aliphatic rings. The second-order valence-electron chi connectivity index (χ2n) is 4.00. The molecule has 0 spiro atoms. The number of halogens is 1. The van der Waals surface area contributed by atoms with E-state index in [1.807, 2.05) is 54.9 Å². The Labute approximate surface area is 111 Å². The van der Waals surface area contributed by atoms with Gasteiger partial charge in [-0.2, -0.15) is 0 Å². The summed E-state index contributed by atoms with van der Waals surface area (Å²) in [6, 6.07) is 13.7. The molecule has 3 rings (SSSR count). The van der Waals surface area contributed by atoms with Crippen LogP contribution < -0.4 is 10.2 Å². The maximum Gasteiger partial charge on any atom is 0.134 e. The number of pyridine rings is 1. The first-order chi connectivity index (χ1) is 8.86. The van der Waals surface area contributed by atoms with E-state index in [-0.39, 0.29) is 6.17 Å². The Hall–Kier alpha value is -2.00. The van der Waals surface area contributed by atoms with Gasteiger partial charge < -0.3 is 10.2 Å². The minimum atomic E-state index is -0.00593. The lowest BCUT2D eigenvalue weighted by molar-refractivity contribution is 0.662. The van der Waals surface area contributed by atoms with Gasteiger partial charge in [0.1, 0.15) is 12.0 Å². The lowest BCUT2D eigenvalue weighted by Crippen LogP contribution is -2.27. The fraction of sp³-hybridized carbons (Fsp3) is 0.0714. The summed E-state index contributed by atoms with van der Waals surface area (Å²) in [4.78, 5) is 6.41. The summed E-state index contributed by atoms with van der Waals surface area (Å²) in [6.07, 6.45) is 5.65. The van der Waals surface area contributed by atoms with Gasteiger partial charge >= 0.3 is 0 Å². The maximum atomic E-state index is 6.24. The van der Waals surface area contributed by atoms with Gasteiger partial charge in [-0.3, -0.25) is 0 Å². The number of aromatic nitrogens is 1. The minimum Gasteiger partial charge on any atom is -0.366 e. The minimum absolute atomic E-state index is 0.00593. The number of benzene rings is 1. The van der Waals surface area contributed by atoms with Crippen LogP contribution in [-0.2, 0) is 0 Å². The van der Waals surface area contributed by atoms with Crippen molar-refractivity contribution >= 4 is 17.4 Å². The molecule has 0 saturated heterocycles. The molecule has 0 amide bonds. The molecule has 18 heavy (non-hydrogen) atoms. The molecule has 1 aliphatic heterocycles. The first kappa shape index (κ1) is 11.1. The number of rotatable bonds is 2. The predicted molar refractivity (Wildman–Crippen MR) is 73.2 cm³/mol. The molecule has 1 aromatic carbocycles. The third-order valence-electron chi connectivity index (χ3n) is 2.88. The van der Waals surface area contributed by atoms with Crippen LogP contribution in [0.25, 0.3) is 0 Å². The van der Waals surface area contributed by atoms with E-state index in [0.29, 0.717) is 0 Å². The molecule has 0 bridgehead atoms. The molecular weight excluding hydrogens is 246 g/mol. The number of nitrogens with zero attached hydrogens (tertiary/aromatic N) is 2. The maximum absolute atomic E-state index is 6.24. The lowest BCUT2D eigenvalue weighted by Gasteiger charge is -2.25. The molecule has 4 heteroatoms. The molecular formula is C14H12ClN3. The van der Waals surface area contributed by atoms with Crippen molar-refractivity contribution in [1.29, 1.82) is 0 Å². The molecule has 3 nitrogen and oxygen atoms in total. The Morgan fingerprint density at radius 2 is 1.94 bits per heavy atom. The molecule has 2 heterocycles. The van der Waals surface area contributed by atoms with E-state index in [2.05, 4.69) is 15.2 Å². The van der Waals surface area contributed by atoms with E-state index < -0.39 is 0 Å². The van der Waals surface area contributed by atoms with E-state index in [9.17, 15) is 0 Å². The Balaban J connectivity index is 1.97. The third kappa shape index (κ3) is 1.93. The zero-order valence-electron chi connectivity index (χ0n) is 9.62. The van der Waals surface area contributed by atoms with Crippen LogP contribution in [0, 0.1) is 0 Å². The van der Waals surface area contributed by atoms with Gasteiger partial charge in [0, 0.05) is 29.2 Å². The van der Waals surface area contributed by atoms with Crippen LogP contribution in [-0.4, -0.2) is 4.98 Å². The van der Waals surface area contributed by atoms with Gasteiger partial charge in [-0.15, -0.1) is 0 Å². The first-order valence-corrected chi connectivity index (χ1v) is 6.10. The molecule has 1 atom stereocenters. The smallest absolute Gasteiger partial charge is 0.134 e. The largest absolute Gasteiger partial charge is 0.366 e. The highest BCUT2D eigenvalue weighted by atomic mass is 35.5. The highest BCUT2D eigenvalue weighted by Crippen LogP contribution is 2.31. The van der Waals surface area contributed by atoms with E-state index >= 15 is 0 Å². The number of nitrogens with one attached hydrogen (secondary N) is 1. The van der Waals surface area contributed by atoms with Gasteiger partial charge in [-0.05, 0) is 18.2 Å². The highest BCUT2D eigenvalue weighted by Gasteiger charge is 2.24. The Morgan fingerprint density at radius 3 is 2.72 bits per heavy atom. The monoisotopic (exact) mass is 257 g/mol. The Kier molecular flexibility index (Phi) is 2.90. The molecule has 1 aromatic heterocycles. The fourth-order valence-corrected chi connectivity index (χ4v) is 2.27. The quantitative estimate of drug-likeness (QED) is 0.895. The Bertz CT molecular complexity index is 568. The molecule has 1 N–H and O–H groups in total. The Morgan fingerprint density at radius 1 is 1.11 bits per heavy atom. The molecule has 1 unspecified atom stereocenters. The molecule has 0 aliphatic carbocycles. The van der Waals surface area contributed by atoms with Crippen molar-refractivity contribution in [3.05, 3.63) is 71.6 Å². The molecule has 2 aromatic rings. The fourth-order valence-electron chi connectivity index (χ4n) is 2.03. The number of hydrogen-bond acceptors (Lipinski definition) is 3. The van der Waals surface area contributed by atoms with Crippen molar-refractivity contribution in [3.63, 3.8) is 0 Å². The summed E-state index contributed by atoms with van der Waals surface area (Å²) >= 11 is 6.24. The average Bonchev–Trinajstić information content (AvgIpc) is 2.89. The van der Waals surface area contributed by atoms with Crippen molar-refractivity contribution < 1.29 is 0 Å². The summed E-state index contributed by atoms with van der Waals surface area (Å²) in [5, 5.41) is 4.03. The summed E-state index contributed by atoms with van der Waals surface area (Å²) in [5.74, 6) is 0.892. The number of anilines is 1. The van der Waals surface area contributed by atoms with Crippen LogP contribution in [0.2, 0.25) is 5.02 Å². The highest BCUT2D eigenvalue weighted by molar-refractivity contribution is 6.31. The van der Waals surface area contributed by atoms with Gasteiger partial charge in [0.15, 0.2) is 0 Å². The van der Waals surface area contributed by atoms with E-state index in [0.717, 1.165) is 16.4 Å². The van der Waals surface area contributed by atoms with Crippen molar-refractivity contribution in [2.45, 2.75) is 6.17 Å². The van der Waals surface area contributed by atoms with Gasteiger partial charge in [0.2, 0.25) is 0 Å². The van der Waals surface area contributed by atoms with Crippen molar-refractivity contribution in [2.24, 2.45) is 0 Å². The van der Waals surface area contributed by atoms with Gasteiger partial charge in [-0.1, -0.05) is 35.9 Å². The van der Waals surface area contributed by atoms with Gasteiger partial charge in [-0.25, -0.2) is 4.98 Å². The van der Waals surface area contributed by atoms with E-state index in [1.54, 1.807) is 6.20 Å². The van der Waals surface area contributed by atoms with Crippen molar-refractivity contribution in [3.8, 4) is 0 Å². The molecule has 0 radical (unpaired) electrons. The normalized spacial score (nSPS) is 17.8. The van der Waals surface area contributed by atoms with E-state index in [4.69, 9.17) is 11.6 Å². The lowest BCUT2D eigenvalue weighted by atomic mass is 10.1. The van der Waals surface area contributed by atoms with Crippen molar-refractivity contribution in [1.82, 2.24) is 10.3 Å². The summed E-state index contributed by atoms with van der Waals surface area (Å²) in [7, 11) is 0. The second-order valence-corrected chi connectivity index (χ2v) is 4.41. The van der Waals surface area contributed by atoms with Crippen LogP contribution in [0.5, 0.6) is 0 Å². The summed E-state index contributed by atoms with van der Waals surface area (Å²) < 4.78 is 0. The van der Waals surface area contributed by atoms with Crippen LogP contribution in [0.15, 0.2) is 61.1 Å². The van der Waals surface area contributed by atoms with Gasteiger partial charge in [0.05, 0.1) is 0 Å². The first-order valence-electron chi connectivity index (χ1n) is 5.73. The van der Waals surface area contributed by atoms with E-state index in [1.165, 1.54) is 0 Å². The standard InChI is InChI=1S/C14H12ClN3/c15-12-6-2-1-5-11(12)14-17-9-10-18(14)13-7-3-4-8-16-13/h1-10,14,17H. The summed E-state index contributed by atoms with van der Waals surface area (Å²) in [6.45, 7) is 0. The summed E-state index contributed by atoms with van der Waals surface area (Å²) in [5.41, 5.74) is 1.04. The molecule has 0 fully saturated rings. The average molecular weight is 258 g/mol. The van der Waals surface area contributed by atoms with Crippen LogP contribution in [0.4, 0.5) is 5.82 Å². The zero-order chi connectivity index (χ0) is 12.4. The van der Waals surface area contributed by atoms with Gasteiger partial charge in [0.25, 0.3) is 0 Å². The van der Waals surface area contributed by atoms with Crippen LogP contribution >= 0.6 is 11.6 Å². The predicted octanol–water partition coefficient (Wildman–Crippen LogP) is 3.31. The van der Waals surface area contributed by atoms with Crippen LogP contribution in [0.1, 0.15) is 11.7 Å². The zero-order valence-corrected chi connectivity index (χ0v) is 10.4. The third-order valence-corrected chi connectivity index (χ3v) is 3.23. The topological polar surface area (TPSA) is 28.2 Å². The van der Waals surface area contributed by atoms with Crippen LogP contribution in [0.3, 0.4) is 0 Å². The number of hydrogen-bond donors (Lipinski definition) is 1. The second kappa shape index (κ2) is 4.70. The van der Waals surface area contributed by atoms with Crippen molar-refractivity contribution in [2.75, 3.05) is 4.90 Å².